The lowest BCUT2D eigenvalue weighted by atomic mass is 10.0. The molecule has 9 heteroatoms. The normalized spacial score (nSPS) is 14.1. The van der Waals surface area contributed by atoms with E-state index < -0.39 is 20.0 Å². The summed E-state index contributed by atoms with van der Waals surface area (Å²) in [4.78, 5) is 25.6. The maximum absolute atomic E-state index is 13.0. The average Bonchev–Trinajstić information content (AvgIpc) is 3.36. The third-order valence-corrected chi connectivity index (χ3v) is 15.5. The molecule has 0 rings (SSSR count). The molecule has 0 heterocycles. The number of likely N-dealkylation sites (N-methyl/N-ethyl adjacent to an activating group) is 1. The number of rotatable bonds is 59. The maximum atomic E-state index is 13.0. The predicted molar refractivity (Wildman–Crippen MR) is 321 cm³/mol. The number of amides is 1. The van der Waals surface area contributed by atoms with Gasteiger partial charge in [-0.1, -0.05) is 294 Å². The predicted octanol–water partition coefficient (Wildman–Crippen LogP) is 19.2. The zero-order valence-electron chi connectivity index (χ0n) is 49.8. The summed E-state index contributed by atoms with van der Waals surface area (Å²) in [6.07, 6.45) is 74.8. The summed E-state index contributed by atoms with van der Waals surface area (Å²) in [5, 5.41) is 13.9. The van der Waals surface area contributed by atoms with Gasteiger partial charge in [-0.05, 0) is 57.8 Å². The molecule has 2 N–H and O–H groups in total. The fourth-order valence-electron chi connectivity index (χ4n) is 9.52. The summed E-state index contributed by atoms with van der Waals surface area (Å²) in [5.74, 6) is -0.195. The number of unbranched alkanes of at least 4 members (excludes halogenated alkanes) is 40. The molecule has 0 bridgehead atoms. The number of hydrogen-bond acceptors (Lipinski definition) is 6. The molecule has 0 aliphatic rings. The first-order valence-electron chi connectivity index (χ1n) is 32.0. The topological polar surface area (TPSA) is 108 Å². The van der Waals surface area contributed by atoms with E-state index >= 15 is 0 Å². The average molecular weight is 1060 g/mol. The van der Waals surface area contributed by atoms with Crippen molar-refractivity contribution in [3.63, 3.8) is 0 Å². The number of allylic oxidation sites excluding steroid dienone is 7. The van der Waals surface area contributed by atoms with Crippen molar-refractivity contribution in [2.45, 2.75) is 321 Å². The van der Waals surface area contributed by atoms with Crippen LogP contribution in [-0.2, 0) is 18.4 Å². The number of carbonyl (C=O) groups excluding carboxylic acids is 1. The smallest absolute Gasteiger partial charge is 0.268 e. The molecule has 0 aromatic heterocycles. The minimum absolute atomic E-state index is 0.000867. The highest BCUT2D eigenvalue weighted by molar-refractivity contribution is 7.45. The highest BCUT2D eigenvalue weighted by atomic mass is 31.2. The lowest BCUT2D eigenvalue weighted by molar-refractivity contribution is -0.870. The van der Waals surface area contributed by atoms with Crippen LogP contribution in [0, 0.1) is 0 Å². The first kappa shape index (κ1) is 72.5. The molecule has 3 atom stereocenters. The van der Waals surface area contributed by atoms with E-state index in [1.54, 1.807) is 6.08 Å². The molecule has 3 unspecified atom stereocenters. The van der Waals surface area contributed by atoms with Crippen LogP contribution in [-0.4, -0.2) is 68.5 Å². The van der Waals surface area contributed by atoms with Gasteiger partial charge < -0.3 is 28.8 Å². The van der Waals surface area contributed by atoms with Crippen molar-refractivity contribution in [2.75, 3.05) is 40.9 Å². The van der Waals surface area contributed by atoms with Crippen LogP contribution in [0.1, 0.15) is 309 Å². The van der Waals surface area contributed by atoms with Crippen LogP contribution in [0.15, 0.2) is 48.6 Å². The van der Waals surface area contributed by atoms with Gasteiger partial charge in [0.15, 0.2) is 0 Å². The quantitative estimate of drug-likeness (QED) is 0.0272. The van der Waals surface area contributed by atoms with Crippen LogP contribution in [0.25, 0.3) is 0 Å². The maximum Gasteiger partial charge on any atom is 0.268 e. The Balaban J connectivity index is 4.13. The fourth-order valence-corrected chi connectivity index (χ4v) is 10.2. The number of aliphatic hydroxyl groups is 1. The number of nitrogens with one attached hydrogen (secondary N) is 1. The van der Waals surface area contributed by atoms with Gasteiger partial charge in [-0.3, -0.25) is 9.36 Å². The second-order valence-corrected chi connectivity index (χ2v) is 24.5. The summed E-state index contributed by atoms with van der Waals surface area (Å²) in [5.41, 5.74) is 0. The van der Waals surface area contributed by atoms with Crippen LogP contribution >= 0.6 is 7.82 Å². The Morgan fingerprint density at radius 3 is 1.14 bits per heavy atom. The van der Waals surface area contributed by atoms with Crippen LogP contribution in [0.5, 0.6) is 0 Å². The van der Waals surface area contributed by atoms with Crippen molar-refractivity contribution in [1.29, 1.82) is 0 Å². The first-order valence-corrected chi connectivity index (χ1v) is 33.5. The van der Waals surface area contributed by atoms with Crippen molar-refractivity contribution in [3.05, 3.63) is 48.6 Å². The minimum Gasteiger partial charge on any atom is -0.756 e. The number of quaternary nitrogens is 1. The van der Waals surface area contributed by atoms with E-state index in [0.717, 1.165) is 51.4 Å². The van der Waals surface area contributed by atoms with Crippen LogP contribution in [0.3, 0.4) is 0 Å². The molecule has 0 aliphatic heterocycles. The van der Waals surface area contributed by atoms with E-state index in [1.165, 1.54) is 238 Å². The second-order valence-electron chi connectivity index (χ2n) is 23.1. The SMILES string of the molecule is CCCCCCC/C=C\C/C=C\C/C=C\CCCCCCCCCCCCCCCCC(=O)NC(COP(=O)([O-])OCC[N+](C)(C)C)C(O)/C=C/CCCCCCCCCCCCCCCCCCCCCCC. The first-order chi connectivity index (χ1) is 36.0. The number of hydrogen-bond donors (Lipinski definition) is 2. The Morgan fingerprint density at radius 2 is 0.784 bits per heavy atom. The molecule has 0 aromatic carbocycles. The van der Waals surface area contributed by atoms with Crippen molar-refractivity contribution in [1.82, 2.24) is 5.32 Å². The highest BCUT2D eigenvalue weighted by Crippen LogP contribution is 2.38. The lowest BCUT2D eigenvalue weighted by Gasteiger charge is -2.29. The van der Waals surface area contributed by atoms with E-state index in [-0.39, 0.29) is 19.1 Å². The van der Waals surface area contributed by atoms with Crippen LogP contribution in [0.4, 0.5) is 0 Å². The minimum atomic E-state index is -4.60. The Hall–Kier alpha value is -1.54. The molecule has 436 valence electrons. The van der Waals surface area contributed by atoms with Gasteiger partial charge in [-0.25, -0.2) is 0 Å². The fraction of sp³-hybridized carbons (Fsp3) is 0.862. The molecule has 0 fully saturated rings. The van der Waals surface area contributed by atoms with Gasteiger partial charge in [0.25, 0.3) is 7.82 Å². The number of phosphoric ester groups is 1. The third kappa shape index (κ3) is 58.1. The summed E-state index contributed by atoms with van der Waals surface area (Å²) in [7, 11) is 1.27. The van der Waals surface area contributed by atoms with Crippen molar-refractivity contribution in [3.8, 4) is 0 Å². The lowest BCUT2D eigenvalue weighted by Crippen LogP contribution is -2.45. The molecular weight excluding hydrogens is 936 g/mol. The van der Waals surface area contributed by atoms with Crippen molar-refractivity contribution < 1.29 is 32.9 Å². The van der Waals surface area contributed by atoms with Gasteiger partial charge in [0, 0.05) is 6.42 Å². The Labute approximate surface area is 460 Å². The molecule has 8 nitrogen and oxygen atoms in total. The van der Waals surface area contributed by atoms with Gasteiger partial charge in [0.1, 0.15) is 13.2 Å². The highest BCUT2D eigenvalue weighted by Gasteiger charge is 2.23. The number of carbonyl (C=O) groups is 1. The molecule has 0 saturated heterocycles. The largest absolute Gasteiger partial charge is 0.756 e. The van der Waals surface area contributed by atoms with Gasteiger partial charge in [0.05, 0.1) is 39.9 Å². The van der Waals surface area contributed by atoms with E-state index in [9.17, 15) is 19.4 Å². The van der Waals surface area contributed by atoms with Gasteiger partial charge >= 0.3 is 0 Å². The zero-order chi connectivity index (χ0) is 54.2. The molecule has 0 saturated carbocycles. The molecule has 1 amide bonds. The number of phosphoric acid groups is 1. The van der Waals surface area contributed by atoms with Crippen LogP contribution < -0.4 is 10.2 Å². The Morgan fingerprint density at radius 1 is 0.473 bits per heavy atom. The molecular formula is C65H125N2O6P. The standard InChI is InChI=1S/C65H125N2O6P/c1-6-8-10-12-14-16-18-20-22-24-26-28-30-31-32-33-34-35-37-39-41-43-45-47-49-51-53-55-57-59-65(69)66-63(62-73-74(70,71)72-61-60-67(3,4)5)64(68)58-56-54-52-50-48-46-44-42-40-38-36-29-27-25-23-21-19-17-15-13-11-9-7-2/h18,20,24,26,30-31,56,58,63-64,68H,6-17,19,21-23,25,27-29,32-55,57,59-62H2,1-5H3,(H-,66,69,70,71)/b20-18-,26-24-,31-30-,58-56+. The summed E-state index contributed by atoms with van der Waals surface area (Å²) < 4.78 is 23.4. The second kappa shape index (κ2) is 56.2. The van der Waals surface area contributed by atoms with Crippen LogP contribution in [0.2, 0.25) is 0 Å². The van der Waals surface area contributed by atoms with Gasteiger partial charge in [0.2, 0.25) is 5.91 Å². The molecule has 0 aromatic rings. The summed E-state index contributed by atoms with van der Waals surface area (Å²) in [6, 6.07) is -0.889. The van der Waals surface area contributed by atoms with E-state index in [1.807, 2.05) is 27.2 Å². The monoisotopic (exact) mass is 1060 g/mol. The molecule has 0 aliphatic carbocycles. The van der Waals surface area contributed by atoms with Crippen molar-refractivity contribution >= 4 is 13.7 Å². The van der Waals surface area contributed by atoms with Gasteiger partial charge in [-0.2, -0.15) is 0 Å². The number of aliphatic hydroxyl groups excluding tert-OH is 1. The zero-order valence-corrected chi connectivity index (χ0v) is 50.7. The summed E-state index contributed by atoms with van der Waals surface area (Å²) >= 11 is 0. The number of nitrogens with zero attached hydrogens (tertiary/aromatic N) is 1. The third-order valence-electron chi connectivity index (χ3n) is 14.5. The van der Waals surface area contributed by atoms with E-state index in [2.05, 4.69) is 55.6 Å². The van der Waals surface area contributed by atoms with E-state index in [4.69, 9.17) is 9.05 Å². The Bertz CT molecular complexity index is 1340. The molecule has 0 spiro atoms. The van der Waals surface area contributed by atoms with Crippen molar-refractivity contribution in [2.24, 2.45) is 0 Å². The molecule has 0 radical (unpaired) electrons. The van der Waals surface area contributed by atoms with E-state index in [0.29, 0.717) is 17.4 Å². The molecule has 74 heavy (non-hydrogen) atoms. The Kier molecular flexibility index (Phi) is 55.0. The summed E-state index contributed by atoms with van der Waals surface area (Å²) in [6.45, 7) is 4.68. The van der Waals surface area contributed by atoms with Gasteiger partial charge in [-0.15, -0.1) is 0 Å².